The molecule has 0 fully saturated rings. The number of fused-ring (bicyclic) bond motifs is 1. The first kappa shape index (κ1) is 14.2. The fourth-order valence-electron chi connectivity index (χ4n) is 2.20. The molecule has 0 aliphatic carbocycles. The average molecular weight is 415 g/mol. The normalized spacial score (nSPS) is 12.8. The van der Waals surface area contributed by atoms with Crippen molar-refractivity contribution in [3.8, 4) is 0 Å². The van der Waals surface area contributed by atoms with E-state index < -0.39 is 0 Å². The standard InChI is InChI=1S/C15H10Br2FNS/c16-12-5-4-8(18)6-10(12)14(19)11-7-20-15-9(11)2-1-3-13(15)17/h1-7,14H,19H2. The van der Waals surface area contributed by atoms with E-state index in [1.165, 1.54) is 12.1 Å². The monoisotopic (exact) mass is 413 g/mol. The predicted molar refractivity (Wildman–Crippen MR) is 89.7 cm³/mol. The minimum absolute atomic E-state index is 0.278. The fourth-order valence-corrected chi connectivity index (χ4v) is 4.35. The van der Waals surface area contributed by atoms with Crippen LogP contribution in [0.15, 0.2) is 50.7 Å². The van der Waals surface area contributed by atoms with Gasteiger partial charge in [-0.3, -0.25) is 0 Å². The number of halogens is 3. The highest BCUT2D eigenvalue weighted by atomic mass is 79.9. The van der Waals surface area contributed by atoms with Crippen molar-refractivity contribution in [3.05, 3.63) is 67.7 Å². The summed E-state index contributed by atoms with van der Waals surface area (Å²) in [6.45, 7) is 0. The second-order valence-electron chi connectivity index (χ2n) is 4.45. The van der Waals surface area contributed by atoms with Crippen LogP contribution < -0.4 is 5.73 Å². The van der Waals surface area contributed by atoms with E-state index in [4.69, 9.17) is 5.73 Å². The molecule has 0 saturated heterocycles. The van der Waals surface area contributed by atoms with Crippen LogP contribution in [-0.4, -0.2) is 0 Å². The van der Waals surface area contributed by atoms with E-state index in [1.807, 2.05) is 23.6 Å². The lowest BCUT2D eigenvalue weighted by molar-refractivity contribution is 0.623. The topological polar surface area (TPSA) is 26.0 Å². The van der Waals surface area contributed by atoms with Gasteiger partial charge in [-0.25, -0.2) is 4.39 Å². The Morgan fingerprint density at radius 2 is 1.85 bits per heavy atom. The zero-order chi connectivity index (χ0) is 14.3. The van der Waals surface area contributed by atoms with Crippen LogP contribution in [0.2, 0.25) is 0 Å². The molecule has 1 aromatic heterocycles. The summed E-state index contributed by atoms with van der Waals surface area (Å²) in [7, 11) is 0. The third kappa shape index (κ3) is 2.44. The smallest absolute Gasteiger partial charge is 0.123 e. The molecule has 1 heterocycles. The number of nitrogens with two attached hydrogens (primary N) is 1. The number of rotatable bonds is 2. The molecule has 0 radical (unpaired) electrons. The summed E-state index contributed by atoms with van der Waals surface area (Å²) in [6, 6.07) is 10.3. The minimum Gasteiger partial charge on any atom is -0.320 e. The summed E-state index contributed by atoms with van der Waals surface area (Å²) in [6.07, 6.45) is 0. The molecule has 20 heavy (non-hydrogen) atoms. The molecule has 5 heteroatoms. The molecular formula is C15H10Br2FNS. The SMILES string of the molecule is NC(c1cc(F)ccc1Br)c1csc2c(Br)cccc12. The van der Waals surface area contributed by atoms with Crippen molar-refractivity contribution in [1.82, 2.24) is 0 Å². The Balaban J connectivity index is 2.15. The molecule has 0 aliphatic rings. The highest BCUT2D eigenvalue weighted by molar-refractivity contribution is 9.11. The molecule has 0 saturated carbocycles. The van der Waals surface area contributed by atoms with Crippen molar-refractivity contribution < 1.29 is 4.39 Å². The third-order valence-corrected chi connectivity index (χ3v) is 5.90. The lowest BCUT2D eigenvalue weighted by atomic mass is 9.99. The van der Waals surface area contributed by atoms with Crippen molar-refractivity contribution >= 4 is 53.3 Å². The van der Waals surface area contributed by atoms with Crippen LogP contribution in [0.4, 0.5) is 4.39 Å². The van der Waals surface area contributed by atoms with Gasteiger partial charge < -0.3 is 5.73 Å². The van der Waals surface area contributed by atoms with Gasteiger partial charge in [0.05, 0.1) is 6.04 Å². The third-order valence-electron chi connectivity index (χ3n) is 3.21. The van der Waals surface area contributed by atoms with E-state index in [2.05, 4.69) is 31.9 Å². The van der Waals surface area contributed by atoms with Gasteiger partial charge in [0.25, 0.3) is 0 Å². The molecule has 2 N–H and O–H groups in total. The van der Waals surface area contributed by atoms with Crippen LogP contribution in [-0.2, 0) is 0 Å². The molecule has 3 rings (SSSR count). The van der Waals surface area contributed by atoms with E-state index in [1.54, 1.807) is 17.4 Å². The Hall–Kier alpha value is -0.750. The van der Waals surface area contributed by atoms with Gasteiger partial charge in [0, 0.05) is 13.6 Å². The van der Waals surface area contributed by atoms with Crippen LogP contribution in [0.25, 0.3) is 10.1 Å². The number of hydrogen-bond acceptors (Lipinski definition) is 2. The van der Waals surface area contributed by atoms with Crippen LogP contribution >= 0.6 is 43.2 Å². The fraction of sp³-hybridized carbons (Fsp3) is 0.0667. The number of benzene rings is 2. The molecule has 1 unspecified atom stereocenters. The maximum Gasteiger partial charge on any atom is 0.123 e. The second kappa shape index (κ2) is 5.56. The van der Waals surface area contributed by atoms with Crippen molar-refractivity contribution in [2.24, 2.45) is 5.73 Å². The molecule has 1 atom stereocenters. The van der Waals surface area contributed by atoms with Gasteiger partial charge in [-0.2, -0.15) is 0 Å². The minimum atomic E-state index is -0.358. The second-order valence-corrected chi connectivity index (χ2v) is 7.04. The number of thiophene rings is 1. The van der Waals surface area contributed by atoms with E-state index in [-0.39, 0.29) is 11.9 Å². The number of hydrogen-bond donors (Lipinski definition) is 1. The van der Waals surface area contributed by atoms with Gasteiger partial charge in [-0.05, 0) is 62.1 Å². The quantitative estimate of drug-likeness (QED) is 0.579. The Morgan fingerprint density at radius 3 is 2.65 bits per heavy atom. The van der Waals surface area contributed by atoms with Gasteiger partial charge in [-0.15, -0.1) is 11.3 Å². The summed E-state index contributed by atoms with van der Waals surface area (Å²) < 4.78 is 16.5. The van der Waals surface area contributed by atoms with E-state index in [9.17, 15) is 4.39 Å². The van der Waals surface area contributed by atoms with Gasteiger partial charge in [-0.1, -0.05) is 28.1 Å². The van der Waals surface area contributed by atoms with Gasteiger partial charge >= 0.3 is 0 Å². The Kier molecular flexibility index (Phi) is 3.95. The summed E-state index contributed by atoms with van der Waals surface area (Å²) in [5, 5.41) is 3.14. The molecule has 0 amide bonds. The maximum absolute atomic E-state index is 13.4. The molecule has 2 aromatic carbocycles. The van der Waals surface area contributed by atoms with E-state index >= 15 is 0 Å². The molecular weight excluding hydrogens is 405 g/mol. The highest BCUT2D eigenvalue weighted by Gasteiger charge is 2.17. The first-order chi connectivity index (χ1) is 9.58. The molecule has 1 nitrogen and oxygen atoms in total. The van der Waals surface area contributed by atoms with Crippen molar-refractivity contribution in [3.63, 3.8) is 0 Å². The Bertz CT molecular complexity index is 785. The largest absolute Gasteiger partial charge is 0.320 e. The lowest BCUT2D eigenvalue weighted by Crippen LogP contribution is -2.12. The molecule has 0 aliphatic heterocycles. The summed E-state index contributed by atoms with van der Waals surface area (Å²) in [5.41, 5.74) is 8.11. The maximum atomic E-state index is 13.4. The van der Waals surface area contributed by atoms with Crippen LogP contribution in [0.1, 0.15) is 17.2 Å². The highest BCUT2D eigenvalue weighted by Crippen LogP contribution is 2.37. The zero-order valence-electron chi connectivity index (χ0n) is 10.2. The predicted octanol–water partition coefficient (Wildman–Crippen LogP) is 5.61. The van der Waals surface area contributed by atoms with E-state index in [0.29, 0.717) is 0 Å². The Labute approximate surface area is 136 Å². The molecule has 0 bridgehead atoms. The van der Waals surface area contributed by atoms with Gasteiger partial charge in [0.15, 0.2) is 0 Å². The van der Waals surface area contributed by atoms with Gasteiger partial charge in [0.2, 0.25) is 0 Å². The van der Waals surface area contributed by atoms with Crippen molar-refractivity contribution in [2.45, 2.75) is 6.04 Å². The summed E-state index contributed by atoms with van der Waals surface area (Å²) in [4.78, 5) is 0. The first-order valence-electron chi connectivity index (χ1n) is 5.94. The Morgan fingerprint density at radius 1 is 1.05 bits per heavy atom. The van der Waals surface area contributed by atoms with E-state index in [0.717, 1.165) is 30.2 Å². The lowest BCUT2D eigenvalue weighted by Gasteiger charge is -2.14. The first-order valence-corrected chi connectivity index (χ1v) is 8.40. The molecule has 102 valence electrons. The van der Waals surface area contributed by atoms with Crippen molar-refractivity contribution in [2.75, 3.05) is 0 Å². The van der Waals surface area contributed by atoms with Gasteiger partial charge in [0.1, 0.15) is 5.82 Å². The van der Waals surface area contributed by atoms with Crippen LogP contribution in [0.5, 0.6) is 0 Å². The zero-order valence-corrected chi connectivity index (χ0v) is 14.2. The molecule has 3 aromatic rings. The summed E-state index contributed by atoms with van der Waals surface area (Å²) >= 11 is 8.62. The average Bonchev–Trinajstić information content (AvgIpc) is 2.86. The van der Waals surface area contributed by atoms with Crippen LogP contribution in [0.3, 0.4) is 0 Å². The molecule has 0 spiro atoms. The van der Waals surface area contributed by atoms with Crippen LogP contribution in [0, 0.1) is 5.82 Å². The summed E-state index contributed by atoms with van der Waals surface area (Å²) in [5.74, 6) is -0.278. The van der Waals surface area contributed by atoms with Crippen molar-refractivity contribution in [1.29, 1.82) is 0 Å².